The summed E-state index contributed by atoms with van der Waals surface area (Å²) in [5, 5.41) is 0. The summed E-state index contributed by atoms with van der Waals surface area (Å²) in [5.41, 5.74) is 2.40. The van der Waals surface area contributed by atoms with Crippen molar-refractivity contribution in [2.75, 3.05) is 7.11 Å². The van der Waals surface area contributed by atoms with Crippen LogP contribution < -0.4 is 9.47 Å². The molecule has 0 amide bonds. The van der Waals surface area contributed by atoms with Crippen molar-refractivity contribution in [1.82, 2.24) is 0 Å². The van der Waals surface area contributed by atoms with Crippen LogP contribution in [0.15, 0.2) is 74.9 Å². The number of allylic oxidation sites excluding steroid dienone is 1. The van der Waals surface area contributed by atoms with Gasteiger partial charge in [0.2, 0.25) is 5.78 Å². The van der Waals surface area contributed by atoms with E-state index < -0.39 is 0 Å². The highest BCUT2D eigenvalue weighted by Crippen LogP contribution is 2.42. The van der Waals surface area contributed by atoms with Crippen LogP contribution in [0, 0.1) is 5.82 Å². The summed E-state index contributed by atoms with van der Waals surface area (Å²) < 4.78 is 25.2. The number of carbonyl (C=O) groups excluding carboxylic acids is 1. The van der Waals surface area contributed by atoms with E-state index >= 15 is 0 Å². The Hall–Kier alpha value is -2.57. The molecule has 0 aliphatic carbocycles. The molecule has 0 radical (unpaired) electrons. The van der Waals surface area contributed by atoms with E-state index in [-0.39, 0.29) is 18.2 Å². The Morgan fingerprint density at radius 1 is 1.07 bits per heavy atom. The topological polar surface area (TPSA) is 35.5 Å². The summed E-state index contributed by atoms with van der Waals surface area (Å²) in [6, 6.07) is 17.4. The van der Waals surface area contributed by atoms with Crippen LogP contribution in [-0.2, 0) is 6.61 Å². The van der Waals surface area contributed by atoms with Gasteiger partial charge in [-0.15, -0.1) is 0 Å². The van der Waals surface area contributed by atoms with Gasteiger partial charge in [-0.3, -0.25) is 4.79 Å². The highest BCUT2D eigenvalue weighted by molar-refractivity contribution is 9.10. The predicted molar refractivity (Wildman–Crippen MR) is 116 cm³/mol. The van der Waals surface area contributed by atoms with Crippen molar-refractivity contribution in [2.45, 2.75) is 11.5 Å². The lowest BCUT2D eigenvalue weighted by Crippen LogP contribution is -1.99. The smallest absolute Gasteiger partial charge is 0.200 e. The molecule has 0 spiro atoms. The Kier molecular flexibility index (Phi) is 5.74. The molecule has 0 fully saturated rings. The summed E-state index contributed by atoms with van der Waals surface area (Å²) in [7, 11) is 1.57. The van der Waals surface area contributed by atoms with E-state index in [1.54, 1.807) is 19.2 Å². The van der Waals surface area contributed by atoms with Crippen LogP contribution in [0.25, 0.3) is 6.08 Å². The maximum atomic E-state index is 13.0. The summed E-state index contributed by atoms with van der Waals surface area (Å²) in [4.78, 5) is 14.3. The van der Waals surface area contributed by atoms with E-state index in [0.29, 0.717) is 16.4 Å². The second-order valence-corrected chi connectivity index (χ2v) is 8.31. The molecule has 1 aliphatic rings. The highest BCUT2D eigenvalue weighted by atomic mass is 79.9. The number of methoxy groups -OCH3 is 1. The van der Waals surface area contributed by atoms with Crippen LogP contribution in [0.1, 0.15) is 21.5 Å². The van der Waals surface area contributed by atoms with Gasteiger partial charge in [0, 0.05) is 14.9 Å². The number of hydrogen-bond acceptors (Lipinski definition) is 4. The van der Waals surface area contributed by atoms with Gasteiger partial charge in [-0.25, -0.2) is 4.39 Å². The zero-order valence-corrected chi connectivity index (χ0v) is 17.8. The van der Waals surface area contributed by atoms with Crippen molar-refractivity contribution in [3.05, 3.63) is 92.5 Å². The molecule has 0 aromatic heterocycles. The van der Waals surface area contributed by atoms with Crippen molar-refractivity contribution < 1.29 is 18.7 Å². The molecule has 1 aliphatic heterocycles. The minimum absolute atomic E-state index is 0.0214. The molecule has 3 aromatic carbocycles. The molecule has 6 heteroatoms. The third-order valence-electron chi connectivity index (χ3n) is 4.45. The average Bonchev–Trinajstić information content (AvgIpc) is 3.05. The van der Waals surface area contributed by atoms with Gasteiger partial charge in [-0.05, 0) is 53.6 Å². The standard InChI is InChI=1S/C23H16BrFO3S/c1-27-19-10-15(11-22-23(26)17-4-2-3-5-21(17)29-22)18(24)12-20(19)28-13-14-6-8-16(25)9-7-14/h2-12H,13H2,1H3/b22-11-. The molecule has 1 heterocycles. The molecule has 3 aromatic rings. The second-order valence-electron chi connectivity index (χ2n) is 6.38. The zero-order chi connectivity index (χ0) is 20.4. The molecule has 3 nitrogen and oxygen atoms in total. The van der Waals surface area contributed by atoms with E-state index in [0.717, 1.165) is 26.1 Å². The molecule has 0 saturated heterocycles. The van der Waals surface area contributed by atoms with Gasteiger partial charge in [0.05, 0.1) is 12.0 Å². The van der Waals surface area contributed by atoms with Gasteiger partial charge in [0.15, 0.2) is 11.5 Å². The molecule has 29 heavy (non-hydrogen) atoms. The maximum absolute atomic E-state index is 13.0. The fourth-order valence-electron chi connectivity index (χ4n) is 2.95. The minimum Gasteiger partial charge on any atom is -0.493 e. The van der Waals surface area contributed by atoms with Crippen molar-refractivity contribution in [1.29, 1.82) is 0 Å². The Morgan fingerprint density at radius 3 is 2.55 bits per heavy atom. The normalized spacial score (nSPS) is 14.2. The van der Waals surface area contributed by atoms with Crippen molar-refractivity contribution in [3.63, 3.8) is 0 Å². The molecule has 0 bridgehead atoms. The number of fused-ring (bicyclic) bond motifs is 1. The molecule has 0 N–H and O–H groups in total. The number of hydrogen-bond donors (Lipinski definition) is 0. The molecule has 146 valence electrons. The van der Waals surface area contributed by atoms with Gasteiger partial charge in [-0.1, -0.05) is 52.0 Å². The third-order valence-corrected chi connectivity index (χ3v) is 6.24. The average molecular weight is 471 g/mol. The van der Waals surface area contributed by atoms with Gasteiger partial charge >= 0.3 is 0 Å². The fourth-order valence-corrected chi connectivity index (χ4v) is 4.43. The monoisotopic (exact) mass is 470 g/mol. The first-order valence-corrected chi connectivity index (χ1v) is 10.4. The highest BCUT2D eigenvalue weighted by Gasteiger charge is 2.25. The summed E-state index contributed by atoms with van der Waals surface area (Å²) in [5.74, 6) is 0.843. The van der Waals surface area contributed by atoms with Crippen LogP contribution >= 0.6 is 27.7 Å². The SMILES string of the molecule is COc1cc(/C=C2\Sc3ccccc3C2=O)c(Br)cc1OCc1ccc(F)cc1. The van der Waals surface area contributed by atoms with Gasteiger partial charge in [0.25, 0.3) is 0 Å². The van der Waals surface area contributed by atoms with Crippen LogP contribution in [0.5, 0.6) is 11.5 Å². The summed E-state index contributed by atoms with van der Waals surface area (Å²) in [6.45, 7) is 0.285. The lowest BCUT2D eigenvalue weighted by atomic mass is 10.1. The number of thioether (sulfide) groups is 1. The molecular weight excluding hydrogens is 455 g/mol. The Labute approximate surface area is 180 Å². The zero-order valence-electron chi connectivity index (χ0n) is 15.4. The lowest BCUT2D eigenvalue weighted by Gasteiger charge is -2.13. The van der Waals surface area contributed by atoms with Crippen molar-refractivity contribution in [3.8, 4) is 11.5 Å². The second kappa shape index (κ2) is 8.43. The predicted octanol–water partition coefficient (Wildman–Crippen LogP) is 6.51. The fraction of sp³-hybridized carbons (Fsp3) is 0.0870. The quantitative estimate of drug-likeness (QED) is 0.398. The first kappa shape index (κ1) is 19.7. The lowest BCUT2D eigenvalue weighted by molar-refractivity contribution is 0.104. The number of Topliss-reactive ketones (excluding diaryl/α,β-unsaturated/α-hetero) is 1. The number of rotatable bonds is 5. The first-order chi connectivity index (χ1) is 14.0. The maximum Gasteiger partial charge on any atom is 0.200 e. The van der Waals surface area contributed by atoms with Crippen molar-refractivity contribution >= 4 is 39.6 Å². The molecule has 4 rings (SSSR count). The molecule has 0 unspecified atom stereocenters. The van der Waals surface area contributed by atoms with E-state index in [4.69, 9.17) is 9.47 Å². The number of ketones is 1. The molecule has 0 atom stereocenters. The largest absolute Gasteiger partial charge is 0.493 e. The van der Waals surface area contributed by atoms with Gasteiger partial charge < -0.3 is 9.47 Å². The first-order valence-electron chi connectivity index (χ1n) is 8.83. The van der Waals surface area contributed by atoms with Crippen LogP contribution in [0.2, 0.25) is 0 Å². The Bertz CT molecular complexity index is 1110. The van der Waals surface area contributed by atoms with Crippen molar-refractivity contribution in [2.24, 2.45) is 0 Å². The number of ether oxygens (including phenoxy) is 2. The minimum atomic E-state index is -0.284. The molecular formula is C23H16BrFO3S. The third kappa shape index (κ3) is 4.23. The number of benzene rings is 3. The van der Waals surface area contributed by atoms with E-state index in [1.165, 1.54) is 23.9 Å². The van der Waals surface area contributed by atoms with Gasteiger partial charge in [0.1, 0.15) is 12.4 Å². The molecule has 0 saturated carbocycles. The number of carbonyl (C=O) groups is 1. The van der Waals surface area contributed by atoms with E-state index in [1.807, 2.05) is 42.5 Å². The van der Waals surface area contributed by atoms with Crippen LogP contribution in [0.4, 0.5) is 4.39 Å². The van der Waals surface area contributed by atoms with E-state index in [2.05, 4.69) is 15.9 Å². The van der Waals surface area contributed by atoms with E-state index in [9.17, 15) is 9.18 Å². The summed E-state index contributed by atoms with van der Waals surface area (Å²) >= 11 is 5.02. The number of halogens is 2. The Morgan fingerprint density at radius 2 is 1.83 bits per heavy atom. The summed E-state index contributed by atoms with van der Waals surface area (Å²) in [6.07, 6.45) is 1.85. The Balaban J connectivity index is 1.58. The van der Waals surface area contributed by atoms with Crippen LogP contribution in [-0.4, -0.2) is 12.9 Å². The van der Waals surface area contributed by atoms with Crippen LogP contribution in [0.3, 0.4) is 0 Å². The van der Waals surface area contributed by atoms with Gasteiger partial charge in [-0.2, -0.15) is 0 Å².